The molecule has 1 aliphatic heterocycles. The normalized spacial score (nSPS) is 17.2. The third-order valence-corrected chi connectivity index (χ3v) is 5.57. The molecule has 0 aromatic rings. The Morgan fingerprint density at radius 2 is 1.20 bits per heavy atom. The Hall–Kier alpha value is -0.660. The molecule has 0 saturated heterocycles. The fourth-order valence-electron chi connectivity index (χ4n) is 3.98. The molecule has 148 valence electrons. The first kappa shape index (κ1) is 22.4. The van der Waals surface area contributed by atoms with Crippen molar-refractivity contribution in [1.29, 1.82) is 0 Å². The van der Waals surface area contributed by atoms with Gasteiger partial charge in [0.15, 0.2) is 0 Å². The minimum Gasteiger partial charge on any atom is -0.356 e. The van der Waals surface area contributed by atoms with Gasteiger partial charge in [-0.2, -0.15) is 0 Å². The Morgan fingerprint density at radius 1 is 0.680 bits per heavy atom. The van der Waals surface area contributed by atoms with Crippen molar-refractivity contribution in [3.8, 4) is 0 Å². The maximum absolute atomic E-state index is 2.58. The van der Waals surface area contributed by atoms with Crippen molar-refractivity contribution in [2.45, 2.75) is 130 Å². The molecule has 0 bridgehead atoms. The first-order valence-electron chi connectivity index (χ1n) is 11.4. The largest absolute Gasteiger partial charge is 0.356 e. The molecule has 0 aliphatic carbocycles. The summed E-state index contributed by atoms with van der Waals surface area (Å²) in [4.78, 5) is 5.11. The fourth-order valence-corrected chi connectivity index (χ4v) is 3.98. The molecule has 25 heavy (non-hydrogen) atoms. The predicted molar refractivity (Wildman–Crippen MR) is 113 cm³/mol. The molecule has 1 rings (SSSR count). The number of unbranched alkanes of at least 4 members (excludes halogenated alkanes) is 11. The van der Waals surface area contributed by atoms with Gasteiger partial charge in [-0.1, -0.05) is 90.9 Å². The van der Waals surface area contributed by atoms with Crippen LogP contribution in [0.25, 0.3) is 0 Å². The lowest BCUT2D eigenvalue weighted by Crippen LogP contribution is -2.42. The molecular formula is C23H46N2. The summed E-state index contributed by atoms with van der Waals surface area (Å²) in [6.45, 7) is 10.4. The first-order valence-corrected chi connectivity index (χ1v) is 11.4. The van der Waals surface area contributed by atoms with Crippen molar-refractivity contribution in [2.24, 2.45) is 0 Å². The summed E-state index contributed by atoms with van der Waals surface area (Å²) in [6, 6.07) is 0.611. The van der Waals surface area contributed by atoms with E-state index in [1.807, 2.05) is 0 Å². The van der Waals surface area contributed by atoms with Crippen LogP contribution in [0, 0.1) is 0 Å². The standard InChI is InChI=1S/C23H46N2/c1-5-7-8-9-10-11-12-13-14-15-16-17-19-24-20-21-25(22(3)4)23(24)18-6-2/h20-23H,5-19H2,1-4H3. The van der Waals surface area contributed by atoms with Crippen LogP contribution in [0.5, 0.6) is 0 Å². The number of hydrogen-bond donors (Lipinski definition) is 0. The molecule has 0 spiro atoms. The van der Waals surface area contributed by atoms with E-state index in [1.165, 1.54) is 96.4 Å². The molecule has 1 heterocycles. The van der Waals surface area contributed by atoms with Crippen molar-refractivity contribution < 1.29 is 0 Å². The van der Waals surface area contributed by atoms with E-state index in [9.17, 15) is 0 Å². The van der Waals surface area contributed by atoms with Gasteiger partial charge in [-0.05, 0) is 26.7 Å². The lowest BCUT2D eigenvalue weighted by Gasteiger charge is -2.35. The summed E-state index contributed by atoms with van der Waals surface area (Å²) in [5, 5.41) is 0. The summed E-state index contributed by atoms with van der Waals surface area (Å²) in [5.41, 5.74) is 0. The van der Waals surface area contributed by atoms with Crippen LogP contribution in [-0.4, -0.2) is 28.6 Å². The van der Waals surface area contributed by atoms with E-state index in [1.54, 1.807) is 0 Å². The minimum absolute atomic E-state index is 0.609. The molecule has 0 radical (unpaired) electrons. The van der Waals surface area contributed by atoms with Crippen molar-refractivity contribution >= 4 is 0 Å². The van der Waals surface area contributed by atoms with Gasteiger partial charge in [0.05, 0.1) is 0 Å². The molecule has 0 N–H and O–H groups in total. The van der Waals surface area contributed by atoms with Crippen molar-refractivity contribution in [3.05, 3.63) is 12.4 Å². The summed E-state index contributed by atoms with van der Waals surface area (Å²) >= 11 is 0. The molecule has 0 amide bonds. The molecule has 2 heteroatoms. The summed E-state index contributed by atoms with van der Waals surface area (Å²) in [5.74, 6) is 0. The summed E-state index contributed by atoms with van der Waals surface area (Å²) in [7, 11) is 0. The van der Waals surface area contributed by atoms with E-state index in [-0.39, 0.29) is 0 Å². The van der Waals surface area contributed by atoms with Crippen LogP contribution in [0.4, 0.5) is 0 Å². The Kier molecular flexibility index (Phi) is 13.0. The zero-order chi connectivity index (χ0) is 18.3. The molecule has 0 saturated carbocycles. The van der Waals surface area contributed by atoms with Crippen LogP contribution in [0.1, 0.15) is 118 Å². The second-order valence-corrected chi connectivity index (χ2v) is 8.24. The maximum atomic E-state index is 2.58. The van der Waals surface area contributed by atoms with Gasteiger partial charge < -0.3 is 9.80 Å². The lowest BCUT2D eigenvalue weighted by atomic mass is 10.1. The first-order chi connectivity index (χ1) is 12.2. The van der Waals surface area contributed by atoms with Crippen LogP contribution >= 0.6 is 0 Å². The van der Waals surface area contributed by atoms with Crippen LogP contribution < -0.4 is 0 Å². The average Bonchev–Trinajstić information content (AvgIpc) is 2.99. The zero-order valence-electron chi connectivity index (χ0n) is 17.8. The molecule has 2 nitrogen and oxygen atoms in total. The Balaban J connectivity index is 1.98. The van der Waals surface area contributed by atoms with Crippen molar-refractivity contribution in [1.82, 2.24) is 9.80 Å². The van der Waals surface area contributed by atoms with Gasteiger partial charge in [-0.25, -0.2) is 0 Å². The van der Waals surface area contributed by atoms with E-state index >= 15 is 0 Å². The molecular weight excluding hydrogens is 304 g/mol. The fraction of sp³-hybridized carbons (Fsp3) is 0.913. The maximum Gasteiger partial charge on any atom is 0.101 e. The highest BCUT2D eigenvalue weighted by Gasteiger charge is 2.26. The van der Waals surface area contributed by atoms with Crippen molar-refractivity contribution in [2.75, 3.05) is 6.54 Å². The Morgan fingerprint density at radius 3 is 1.68 bits per heavy atom. The van der Waals surface area contributed by atoms with Gasteiger partial charge in [0.1, 0.15) is 6.17 Å². The van der Waals surface area contributed by atoms with Gasteiger partial charge in [0, 0.05) is 25.0 Å². The van der Waals surface area contributed by atoms with Gasteiger partial charge in [0.25, 0.3) is 0 Å². The highest BCUT2D eigenvalue weighted by Crippen LogP contribution is 2.23. The zero-order valence-corrected chi connectivity index (χ0v) is 17.8. The smallest absolute Gasteiger partial charge is 0.101 e. The Labute approximate surface area is 159 Å². The van der Waals surface area contributed by atoms with Crippen LogP contribution in [0.3, 0.4) is 0 Å². The second kappa shape index (κ2) is 14.5. The molecule has 0 fully saturated rings. The summed E-state index contributed by atoms with van der Waals surface area (Å²) < 4.78 is 0. The quantitative estimate of drug-likeness (QED) is 0.269. The van der Waals surface area contributed by atoms with E-state index in [4.69, 9.17) is 0 Å². The number of rotatable bonds is 16. The highest BCUT2D eigenvalue weighted by atomic mass is 15.4. The Bertz CT molecular complexity index is 324. The van der Waals surface area contributed by atoms with Crippen LogP contribution in [-0.2, 0) is 0 Å². The minimum atomic E-state index is 0.609. The third-order valence-electron chi connectivity index (χ3n) is 5.57. The van der Waals surface area contributed by atoms with E-state index in [0.717, 1.165) is 0 Å². The molecule has 0 aromatic carbocycles. The van der Waals surface area contributed by atoms with Crippen LogP contribution in [0.15, 0.2) is 12.4 Å². The highest BCUT2D eigenvalue weighted by molar-refractivity contribution is 4.98. The van der Waals surface area contributed by atoms with E-state index in [0.29, 0.717) is 12.2 Å². The van der Waals surface area contributed by atoms with Crippen LogP contribution in [0.2, 0.25) is 0 Å². The molecule has 0 aromatic heterocycles. The van der Waals surface area contributed by atoms with Gasteiger partial charge in [-0.3, -0.25) is 0 Å². The van der Waals surface area contributed by atoms with Crippen molar-refractivity contribution in [3.63, 3.8) is 0 Å². The molecule has 1 atom stereocenters. The van der Waals surface area contributed by atoms with Gasteiger partial charge >= 0.3 is 0 Å². The molecule has 1 aliphatic rings. The summed E-state index contributed by atoms with van der Waals surface area (Å²) in [6.07, 6.45) is 25.0. The van der Waals surface area contributed by atoms with E-state index in [2.05, 4.69) is 49.9 Å². The second-order valence-electron chi connectivity index (χ2n) is 8.24. The van der Waals surface area contributed by atoms with Gasteiger partial charge in [-0.15, -0.1) is 0 Å². The topological polar surface area (TPSA) is 6.48 Å². The lowest BCUT2D eigenvalue weighted by molar-refractivity contribution is 0.116. The third kappa shape index (κ3) is 9.56. The number of hydrogen-bond acceptors (Lipinski definition) is 2. The predicted octanol–water partition coefficient (Wildman–Crippen LogP) is 7.31. The van der Waals surface area contributed by atoms with E-state index < -0.39 is 0 Å². The SMILES string of the molecule is CCCCCCCCCCCCCCN1C=CN(C(C)C)C1CCC. The molecule has 1 unspecified atom stereocenters. The number of nitrogens with zero attached hydrogens (tertiary/aromatic N) is 2. The van der Waals surface area contributed by atoms with Gasteiger partial charge in [0.2, 0.25) is 0 Å². The monoisotopic (exact) mass is 350 g/mol. The average molecular weight is 351 g/mol.